The molecular formula is C15H11F2NO2. The van der Waals surface area contributed by atoms with Gasteiger partial charge in [-0.05, 0) is 25.1 Å². The van der Waals surface area contributed by atoms with E-state index in [0.29, 0.717) is 5.39 Å². The van der Waals surface area contributed by atoms with Crippen molar-refractivity contribution >= 4 is 11.0 Å². The van der Waals surface area contributed by atoms with Gasteiger partial charge in [-0.25, -0.2) is 8.78 Å². The average molecular weight is 275 g/mol. The number of hydrogen-bond donors (Lipinski definition) is 1. The van der Waals surface area contributed by atoms with Crippen LogP contribution < -0.4 is 0 Å². The van der Waals surface area contributed by atoms with E-state index in [0.717, 1.165) is 12.3 Å². The van der Waals surface area contributed by atoms with Crippen molar-refractivity contribution in [2.45, 2.75) is 12.5 Å². The number of para-hydroxylation sites is 1. The fourth-order valence-electron chi connectivity index (χ4n) is 2.09. The molecule has 0 aliphatic heterocycles. The van der Waals surface area contributed by atoms with Crippen molar-refractivity contribution in [3.05, 3.63) is 65.7 Å². The van der Waals surface area contributed by atoms with Crippen LogP contribution in [-0.2, 0) is 5.60 Å². The predicted octanol–water partition coefficient (Wildman–Crippen LogP) is 3.36. The Kier molecular flexibility index (Phi) is 2.79. The van der Waals surface area contributed by atoms with Crippen LogP contribution in [0.15, 0.2) is 47.1 Å². The third kappa shape index (κ3) is 1.96. The van der Waals surface area contributed by atoms with E-state index in [4.69, 9.17) is 4.42 Å². The normalized spacial score (nSPS) is 14.4. The molecule has 1 unspecified atom stereocenters. The number of nitrogens with zero attached hydrogens (tertiary/aromatic N) is 1. The van der Waals surface area contributed by atoms with Gasteiger partial charge in [0.15, 0.2) is 11.4 Å². The van der Waals surface area contributed by atoms with Gasteiger partial charge >= 0.3 is 0 Å². The molecule has 2 heterocycles. The van der Waals surface area contributed by atoms with Gasteiger partial charge in [0.1, 0.15) is 17.2 Å². The Hall–Kier alpha value is -2.27. The molecule has 1 N–H and O–H groups in total. The van der Waals surface area contributed by atoms with E-state index < -0.39 is 17.2 Å². The lowest BCUT2D eigenvalue weighted by molar-refractivity contribution is 0.0777. The first kappa shape index (κ1) is 12.7. The fourth-order valence-corrected chi connectivity index (χ4v) is 2.09. The first-order chi connectivity index (χ1) is 9.48. The molecule has 1 aromatic carbocycles. The highest BCUT2D eigenvalue weighted by Gasteiger charge is 2.31. The number of aromatic nitrogens is 1. The third-order valence-electron chi connectivity index (χ3n) is 3.24. The topological polar surface area (TPSA) is 46.3 Å². The number of benzene rings is 1. The van der Waals surface area contributed by atoms with Crippen molar-refractivity contribution in [2.24, 2.45) is 0 Å². The minimum absolute atomic E-state index is 0.0622. The van der Waals surface area contributed by atoms with Gasteiger partial charge in [0.25, 0.3) is 0 Å². The summed E-state index contributed by atoms with van der Waals surface area (Å²) in [4.78, 5) is 3.70. The molecule has 0 bridgehead atoms. The summed E-state index contributed by atoms with van der Waals surface area (Å²) in [5.74, 6) is -0.947. The van der Waals surface area contributed by atoms with Gasteiger partial charge in [-0.1, -0.05) is 12.1 Å². The number of aliphatic hydroxyl groups is 1. The minimum atomic E-state index is -1.60. The Balaban J connectivity index is 2.16. The van der Waals surface area contributed by atoms with Crippen LogP contribution in [0.2, 0.25) is 0 Å². The first-order valence-corrected chi connectivity index (χ1v) is 6.00. The van der Waals surface area contributed by atoms with Crippen LogP contribution in [0.4, 0.5) is 8.78 Å². The molecule has 2 aromatic heterocycles. The molecule has 0 aliphatic rings. The summed E-state index contributed by atoms with van der Waals surface area (Å²) >= 11 is 0. The standard InChI is InChI=1S/C15H11F2NO2/c1-15(19,10-6-11(16)8-18-7-10)13-5-9-3-2-4-12(17)14(9)20-13/h2-8,19H,1H3. The summed E-state index contributed by atoms with van der Waals surface area (Å²) in [5.41, 5.74) is -1.30. The van der Waals surface area contributed by atoms with Crippen LogP contribution in [0.25, 0.3) is 11.0 Å². The maximum atomic E-state index is 13.6. The van der Waals surface area contributed by atoms with Gasteiger partial charge in [0.2, 0.25) is 0 Å². The molecule has 102 valence electrons. The highest BCUT2D eigenvalue weighted by Crippen LogP contribution is 2.33. The van der Waals surface area contributed by atoms with Crippen LogP contribution in [0, 0.1) is 11.6 Å². The number of pyridine rings is 1. The van der Waals surface area contributed by atoms with E-state index in [1.807, 2.05) is 0 Å². The molecule has 3 nitrogen and oxygen atoms in total. The van der Waals surface area contributed by atoms with E-state index in [-0.39, 0.29) is 16.9 Å². The molecular weight excluding hydrogens is 264 g/mol. The summed E-state index contributed by atoms with van der Waals surface area (Å²) in [6, 6.07) is 7.19. The largest absolute Gasteiger partial charge is 0.455 e. The van der Waals surface area contributed by atoms with Crippen molar-refractivity contribution in [2.75, 3.05) is 0 Å². The SMILES string of the molecule is CC(O)(c1cncc(F)c1)c1cc2cccc(F)c2o1. The Morgan fingerprint density at radius 2 is 2.00 bits per heavy atom. The molecule has 0 radical (unpaired) electrons. The fraction of sp³-hybridized carbons (Fsp3) is 0.133. The van der Waals surface area contributed by atoms with Crippen molar-refractivity contribution in [1.82, 2.24) is 4.98 Å². The second-order valence-electron chi connectivity index (χ2n) is 4.73. The number of rotatable bonds is 2. The van der Waals surface area contributed by atoms with E-state index in [2.05, 4.69) is 4.98 Å². The Labute approximate surface area is 113 Å². The highest BCUT2D eigenvalue weighted by atomic mass is 19.1. The van der Waals surface area contributed by atoms with Gasteiger partial charge in [-0.2, -0.15) is 0 Å². The summed E-state index contributed by atoms with van der Waals surface area (Å²) in [7, 11) is 0. The van der Waals surface area contributed by atoms with Crippen molar-refractivity contribution < 1.29 is 18.3 Å². The molecule has 0 saturated carbocycles. The molecule has 20 heavy (non-hydrogen) atoms. The zero-order valence-electron chi connectivity index (χ0n) is 10.6. The van der Waals surface area contributed by atoms with E-state index >= 15 is 0 Å². The Morgan fingerprint density at radius 3 is 2.70 bits per heavy atom. The number of furan rings is 1. The monoisotopic (exact) mass is 275 g/mol. The smallest absolute Gasteiger partial charge is 0.170 e. The van der Waals surface area contributed by atoms with E-state index in [1.54, 1.807) is 12.1 Å². The minimum Gasteiger partial charge on any atom is -0.455 e. The van der Waals surface area contributed by atoms with Crippen LogP contribution in [0.3, 0.4) is 0 Å². The number of hydrogen-bond acceptors (Lipinski definition) is 3. The second kappa shape index (κ2) is 4.38. The lowest BCUT2D eigenvalue weighted by atomic mass is 9.95. The van der Waals surface area contributed by atoms with Gasteiger partial charge < -0.3 is 9.52 Å². The summed E-state index contributed by atoms with van der Waals surface area (Å²) in [6.45, 7) is 1.44. The third-order valence-corrected chi connectivity index (χ3v) is 3.24. The molecule has 0 fully saturated rings. The lowest BCUT2D eigenvalue weighted by Gasteiger charge is -2.20. The maximum absolute atomic E-state index is 13.6. The maximum Gasteiger partial charge on any atom is 0.170 e. The van der Waals surface area contributed by atoms with Crippen molar-refractivity contribution in [3.8, 4) is 0 Å². The summed E-state index contributed by atoms with van der Waals surface area (Å²) < 4.78 is 32.2. The highest BCUT2D eigenvalue weighted by molar-refractivity contribution is 5.78. The number of fused-ring (bicyclic) bond motifs is 1. The van der Waals surface area contributed by atoms with Crippen LogP contribution >= 0.6 is 0 Å². The van der Waals surface area contributed by atoms with Gasteiger partial charge in [-0.15, -0.1) is 0 Å². The van der Waals surface area contributed by atoms with Gasteiger partial charge in [-0.3, -0.25) is 4.98 Å². The van der Waals surface area contributed by atoms with Gasteiger partial charge in [0, 0.05) is 17.1 Å². The summed E-state index contributed by atoms with van der Waals surface area (Å²) in [5, 5.41) is 11.1. The Morgan fingerprint density at radius 1 is 1.20 bits per heavy atom. The molecule has 0 aliphatic carbocycles. The van der Waals surface area contributed by atoms with E-state index in [9.17, 15) is 13.9 Å². The second-order valence-corrected chi connectivity index (χ2v) is 4.73. The molecule has 5 heteroatoms. The molecule has 0 spiro atoms. The van der Waals surface area contributed by atoms with Crippen molar-refractivity contribution in [1.29, 1.82) is 0 Å². The van der Waals surface area contributed by atoms with Crippen molar-refractivity contribution in [3.63, 3.8) is 0 Å². The molecule has 0 amide bonds. The summed E-state index contributed by atoms with van der Waals surface area (Å²) in [6.07, 6.45) is 2.38. The number of halogens is 2. The van der Waals surface area contributed by atoms with Gasteiger partial charge in [0.05, 0.1) is 6.20 Å². The zero-order chi connectivity index (χ0) is 14.3. The lowest BCUT2D eigenvalue weighted by Crippen LogP contribution is -2.22. The van der Waals surface area contributed by atoms with Crippen LogP contribution in [0.1, 0.15) is 18.2 Å². The predicted molar refractivity (Wildman–Crippen MR) is 69.0 cm³/mol. The molecule has 0 saturated heterocycles. The molecule has 1 atom stereocenters. The zero-order valence-corrected chi connectivity index (χ0v) is 10.6. The van der Waals surface area contributed by atoms with Crippen LogP contribution in [-0.4, -0.2) is 10.1 Å². The molecule has 3 aromatic rings. The average Bonchev–Trinajstić information content (AvgIpc) is 2.85. The Bertz CT molecular complexity index is 780. The van der Waals surface area contributed by atoms with E-state index in [1.165, 1.54) is 25.3 Å². The quantitative estimate of drug-likeness (QED) is 0.780. The first-order valence-electron chi connectivity index (χ1n) is 6.00. The van der Waals surface area contributed by atoms with Crippen LogP contribution in [0.5, 0.6) is 0 Å². The molecule has 3 rings (SSSR count).